The Morgan fingerprint density at radius 1 is 1.11 bits per heavy atom. The number of hydrogen-bond acceptors (Lipinski definition) is 4. The maximum atomic E-state index is 13.4. The van der Waals surface area contributed by atoms with E-state index >= 15 is 0 Å². The van der Waals surface area contributed by atoms with E-state index in [1.54, 1.807) is 40.8 Å². The number of ether oxygens (including phenoxy) is 1. The first-order valence-electron chi connectivity index (χ1n) is 5.71. The van der Waals surface area contributed by atoms with E-state index in [1.165, 1.54) is 6.07 Å². The van der Waals surface area contributed by atoms with Crippen molar-refractivity contribution in [1.82, 2.24) is 14.6 Å². The van der Waals surface area contributed by atoms with Gasteiger partial charge in [-0.1, -0.05) is 18.2 Å². The number of nitrogen functional groups attached to an aromatic ring is 1. The fourth-order valence-electron chi connectivity index (χ4n) is 1.82. The summed E-state index contributed by atoms with van der Waals surface area (Å²) >= 11 is 0. The van der Waals surface area contributed by atoms with Gasteiger partial charge in [0.15, 0.2) is 23.0 Å². The Bertz CT molecular complexity index is 725. The highest BCUT2D eigenvalue weighted by Gasteiger charge is 2.09. The number of rotatable bonds is 3. The summed E-state index contributed by atoms with van der Waals surface area (Å²) in [6, 6.07) is 11.5. The van der Waals surface area contributed by atoms with Crippen molar-refractivity contribution in [2.75, 3.05) is 5.73 Å². The highest BCUT2D eigenvalue weighted by Crippen LogP contribution is 2.17. The van der Waals surface area contributed by atoms with Gasteiger partial charge in [-0.15, -0.1) is 10.2 Å². The van der Waals surface area contributed by atoms with Gasteiger partial charge >= 0.3 is 0 Å². The SMILES string of the molecule is Nc1cccc2nnc(COc3ccccc3F)n12. The molecule has 0 bridgehead atoms. The van der Waals surface area contributed by atoms with E-state index < -0.39 is 5.82 Å². The van der Waals surface area contributed by atoms with Crippen molar-refractivity contribution in [2.45, 2.75) is 6.61 Å². The van der Waals surface area contributed by atoms with Crippen molar-refractivity contribution in [1.29, 1.82) is 0 Å². The molecule has 96 valence electrons. The molecule has 2 aromatic heterocycles. The van der Waals surface area contributed by atoms with E-state index in [9.17, 15) is 4.39 Å². The number of para-hydroxylation sites is 1. The number of nitrogens with zero attached hydrogens (tertiary/aromatic N) is 3. The third-order valence-corrected chi connectivity index (χ3v) is 2.72. The first-order valence-corrected chi connectivity index (χ1v) is 5.71. The van der Waals surface area contributed by atoms with Crippen LogP contribution in [0.1, 0.15) is 5.82 Å². The summed E-state index contributed by atoms with van der Waals surface area (Å²) in [6.07, 6.45) is 0. The highest BCUT2D eigenvalue weighted by atomic mass is 19.1. The number of pyridine rings is 1. The Hall–Kier alpha value is -2.63. The Morgan fingerprint density at radius 2 is 1.95 bits per heavy atom. The van der Waals surface area contributed by atoms with E-state index in [-0.39, 0.29) is 12.4 Å². The van der Waals surface area contributed by atoms with Crippen molar-refractivity contribution >= 4 is 11.5 Å². The molecule has 2 N–H and O–H groups in total. The summed E-state index contributed by atoms with van der Waals surface area (Å²) < 4.78 is 20.5. The predicted octanol–water partition coefficient (Wildman–Crippen LogP) is 2.03. The van der Waals surface area contributed by atoms with Crippen molar-refractivity contribution in [2.24, 2.45) is 0 Å². The number of aromatic nitrogens is 3. The number of halogens is 1. The number of benzene rings is 1. The van der Waals surface area contributed by atoms with E-state index in [0.29, 0.717) is 17.3 Å². The van der Waals surface area contributed by atoms with Crippen molar-refractivity contribution in [3.8, 4) is 5.75 Å². The molecule has 0 spiro atoms. The molecular formula is C13H11FN4O. The molecule has 1 aromatic carbocycles. The summed E-state index contributed by atoms with van der Waals surface area (Å²) in [4.78, 5) is 0. The molecule has 6 heteroatoms. The zero-order valence-corrected chi connectivity index (χ0v) is 9.95. The molecular weight excluding hydrogens is 247 g/mol. The summed E-state index contributed by atoms with van der Waals surface area (Å²) in [5, 5.41) is 7.96. The minimum Gasteiger partial charge on any atom is -0.483 e. The molecule has 0 unspecified atom stereocenters. The summed E-state index contributed by atoms with van der Waals surface area (Å²) in [5.74, 6) is 0.795. The van der Waals surface area contributed by atoms with Gasteiger partial charge in [-0.2, -0.15) is 0 Å². The molecule has 2 heterocycles. The summed E-state index contributed by atoms with van der Waals surface area (Å²) in [7, 11) is 0. The van der Waals surface area contributed by atoms with Gasteiger partial charge in [0.1, 0.15) is 12.4 Å². The molecule has 19 heavy (non-hydrogen) atoms. The maximum Gasteiger partial charge on any atom is 0.177 e. The second kappa shape index (κ2) is 4.56. The molecule has 0 fully saturated rings. The van der Waals surface area contributed by atoms with Gasteiger partial charge < -0.3 is 10.5 Å². The Balaban J connectivity index is 1.89. The van der Waals surface area contributed by atoms with E-state index in [2.05, 4.69) is 10.2 Å². The quantitative estimate of drug-likeness (QED) is 0.780. The van der Waals surface area contributed by atoms with Crippen LogP contribution in [0.5, 0.6) is 5.75 Å². The molecule has 0 aliphatic heterocycles. The van der Waals surface area contributed by atoms with E-state index in [1.807, 2.05) is 0 Å². The first-order chi connectivity index (χ1) is 9.25. The normalized spacial score (nSPS) is 10.8. The van der Waals surface area contributed by atoms with Gasteiger partial charge in [0.25, 0.3) is 0 Å². The third-order valence-electron chi connectivity index (χ3n) is 2.72. The minimum atomic E-state index is -0.413. The lowest BCUT2D eigenvalue weighted by atomic mass is 10.3. The van der Waals surface area contributed by atoms with Crippen LogP contribution >= 0.6 is 0 Å². The zero-order chi connectivity index (χ0) is 13.2. The van der Waals surface area contributed by atoms with Crippen LogP contribution in [-0.4, -0.2) is 14.6 Å². The van der Waals surface area contributed by atoms with Crippen LogP contribution in [0.15, 0.2) is 42.5 Å². The smallest absolute Gasteiger partial charge is 0.177 e. The van der Waals surface area contributed by atoms with Crippen LogP contribution in [0, 0.1) is 5.82 Å². The second-order valence-electron chi connectivity index (χ2n) is 3.98. The number of nitrogens with two attached hydrogens (primary N) is 1. The standard InChI is InChI=1S/C13H11FN4O/c14-9-4-1-2-5-10(9)19-8-13-17-16-12-7-3-6-11(15)18(12)13/h1-7H,8,15H2. The van der Waals surface area contributed by atoms with Crippen LogP contribution in [-0.2, 0) is 6.61 Å². The van der Waals surface area contributed by atoms with Gasteiger partial charge in [-0.25, -0.2) is 4.39 Å². The van der Waals surface area contributed by atoms with Crippen molar-refractivity contribution < 1.29 is 9.13 Å². The Morgan fingerprint density at radius 3 is 2.79 bits per heavy atom. The van der Waals surface area contributed by atoms with E-state index in [4.69, 9.17) is 10.5 Å². The number of hydrogen-bond donors (Lipinski definition) is 1. The second-order valence-corrected chi connectivity index (χ2v) is 3.98. The van der Waals surface area contributed by atoms with Crippen LogP contribution in [0.3, 0.4) is 0 Å². The average molecular weight is 258 g/mol. The average Bonchev–Trinajstić information content (AvgIpc) is 2.83. The van der Waals surface area contributed by atoms with Crippen LogP contribution in [0.4, 0.5) is 10.2 Å². The summed E-state index contributed by atoms with van der Waals surface area (Å²) in [5.41, 5.74) is 6.49. The van der Waals surface area contributed by atoms with Crippen LogP contribution < -0.4 is 10.5 Å². The zero-order valence-electron chi connectivity index (χ0n) is 9.95. The molecule has 0 saturated heterocycles. The van der Waals surface area contributed by atoms with E-state index in [0.717, 1.165) is 0 Å². The van der Waals surface area contributed by atoms with Crippen molar-refractivity contribution in [3.63, 3.8) is 0 Å². The lowest BCUT2D eigenvalue weighted by Crippen LogP contribution is -2.05. The molecule has 3 aromatic rings. The van der Waals surface area contributed by atoms with Crippen molar-refractivity contribution in [3.05, 3.63) is 54.1 Å². The van der Waals surface area contributed by atoms with Crippen LogP contribution in [0.2, 0.25) is 0 Å². The number of fused-ring (bicyclic) bond motifs is 1. The van der Waals surface area contributed by atoms with Gasteiger partial charge in [0, 0.05) is 0 Å². The summed E-state index contributed by atoms with van der Waals surface area (Å²) in [6.45, 7) is 0.0936. The maximum absolute atomic E-state index is 13.4. The lowest BCUT2D eigenvalue weighted by Gasteiger charge is -2.06. The predicted molar refractivity (Wildman–Crippen MR) is 68.1 cm³/mol. The fraction of sp³-hybridized carbons (Fsp3) is 0.0769. The van der Waals surface area contributed by atoms with Crippen LogP contribution in [0.25, 0.3) is 5.65 Å². The fourth-order valence-corrected chi connectivity index (χ4v) is 1.82. The Labute approximate surface area is 108 Å². The molecule has 0 aliphatic carbocycles. The highest BCUT2D eigenvalue weighted by molar-refractivity contribution is 5.47. The molecule has 5 nitrogen and oxygen atoms in total. The first kappa shape index (κ1) is 11.5. The van der Waals surface area contributed by atoms with Gasteiger partial charge in [-0.3, -0.25) is 4.40 Å². The minimum absolute atomic E-state index is 0.0936. The molecule has 0 amide bonds. The molecule has 3 rings (SSSR count). The number of anilines is 1. The monoisotopic (exact) mass is 258 g/mol. The Kier molecular flexibility index (Phi) is 2.75. The molecule has 0 aliphatic rings. The molecule has 0 atom stereocenters. The molecule has 0 saturated carbocycles. The van der Waals surface area contributed by atoms with Gasteiger partial charge in [-0.05, 0) is 24.3 Å². The topological polar surface area (TPSA) is 65.4 Å². The lowest BCUT2D eigenvalue weighted by molar-refractivity contribution is 0.280. The molecule has 0 radical (unpaired) electrons. The van der Waals surface area contributed by atoms with Gasteiger partial charge in [0.05, 0.1) is 0 Å². The van der Waals surface area contributed by atoms with Gasteiger partial charge in [0.2, 0.25) is 0 Å². The third kappa shape index (κ3) is 2.08. The largest absolute Gasteiger partial charge is 0.483 e.